The number of hydrogen-bond donors (Lipinski definition) is 1. The third-order valence-corrected chi connectivity index (χ3v) is 4.29. The number of likely N-dealkylation sites (N-methyl/N-ethyl adjacent to an activating group) is 1. The standard InChI is InChI=1S/C13H12BrF2NS/c1-17-12(9-6-13(14)18-7-9)5-8-4-10(15)2-3-11(8)16/h2-4,6-7,12,17H,5H2,1H3. The highest BCUT2D eigenvalue weighted by atomic mass is 79.9. The number of thiophene rings is 1. The lowest BCUT2D eigenvalue weighted by atomic mass is 10.0. The van der Waals surface area contributed by atoms with Gasteiger partial charge in [-0.25, -0.2) is 8.78 Å². The van der Waals surface area contributed by atoms with E-state index >= 15 is 0 Å². The molecule has 0 saturated heterocycles. The second-order valence-corrected chi connectivity index (χ2v) is 6.26. The zero-order valence-electron chi connectivity index (χ0n) is 9.71. The number of benzene rings is 1. The summed E-state index contributed by atoms with van der Waals surface area (Å²) in [4.78, 5) is 0. The van der Waals surface area contributed by atoms with Crippen molar-refractivity contribution in [3.8, 4) is 0 Å². The van der Waals surface area contributed by atoms with Crippen molar-refractivity contribution >= 4 is 27.3 Å². The molecule has 1 nitrogen and oxygen atoms in total. The molecule has 1 N–H and O–H groups in total. The van der Waals surface area contributed by atoms with Gasteiger partial charge in [-0.15, -0.1) is 11.3 Å². The van der Waals surface area contributed by atoms with Gasteiger partial charge >= 0.3 is 0 Å². The van der Waals surface area contributed by atoms with Crippen LogP contribution >= 0.6 is 27.3 Å². The minimum atomic E-state index is -0.409. The Labute approximate surface area is 117 Å². The molecule has 0 aliphatic heterocycles. The van der Waals surface area contributed by atoms with Crippen LogP contribution in [0, 0.1) is 11.6 Å². The van der Waals surface area contributed by atoms with Gasteiger partial charge in [0.25, 0.3) is 0 Å². The van der Waals surface area contributed by atoms with Gasteiger partial charge in [0.05, 0.1) is 3.79 Å². The first-order valence-corrected chi connectivity index (χ1v) is 7.12. The van der Waals surface area contributed by atoms with Crippen LogP contribution < -0.4 is 5.32 Å². The van der Waals surface area contributed by atoms with Gasteiger partial charge in [0, 0.05) is 6.04 Å². The molecule has 1 unspecified atom stereocenters. The average Bonchev–Trinajstić information content (AvgIpc) is 2.77. The van der Waals surface area contributed by atoms with E-state index < -0.39 is 5.82 Å². The van der Waals surface area contributed by atoms with E-state index in [2.05, 4.69) is 21.2 Å². The van der Waals surface area contributed by atoms with Crippen molar-refractivity contribution in [1.82, 2.24) is 5.32 Å². The van der Waals surface area contributed by atoms with Gasteiger partial charge in [-0.3, -0.25) is 0 Å². The van der Waals surface area contributed by atoms with Crippen LogP contribution in [0.2, 0.25) is 0 Å². The summed E-state index contributed by atoms with van der Waals surface area (Å²) in [5.41, 5.74) is 1.45. The first kappa shape index (κ1) is 13.6. The van der Waals surface area contributed by atoms with Crippen molar-refractivity contribution in [2.24, 2.45) is 0 Å². The summed E-state index contributed by atoms with van der Waals surface area (Å²) in [6.45, 7) is 0. The van der Waals surface area contributed by atoms with Crippen molar-refractivity contribution in [2.75, 3.05) is 7.05 Å². The molecule has 0 aliphatic carbocycles. The molecule has 0 amide bonds. The Morgan fingerprint density at radius 3 is 2.72 bits per heavy atom. The SMILES string of the molecule is CNC(Cc1cc(F)ccc1F)c1csc(Br)c1. The topological polar surface area (TPSA) is 12.0 Å². The highest BCUT2D eigenvalue weighted by Crippen LogP contribution is 2.27. The maximum Gasteiger partial charge on any atom is 0.126 e. The second-order valence-electron chi connectivity index (χ2n) is 3.97. The molecule has 0 saturated carbocycles. The summed E-state index contributed by atoms with van der Waals surface area (Å²) in [6.07, 6.45) is 0.420. The Bertz CT molecular complexity index is 542. The smallest absolute Gasteiger partial charge is 0.126 e. The molecule has 0 aliphatic rings. The summed E-state index contributed by atoms with van der Waals surface area (Å²) in [6, 6.07) is 5.52. The van der Waals surface area contributed by atoms with E-state index in [1.807, 2.05) is 18.5 Å². The van der Waals surface area contributed by atoms with Crippen molar-refractivity contribution in [1.29, 1.82) is 0 Å². The first-order chi connectivity index (χ1) is 8.60. The molecule has 1 aromatic heterocycles. The second kappa shape index (κ2) is 5.91. The molecule has 0 bridgehead atoms. The minimum absolute atomic E-state index is 0.0242. The lowest BCUT2D eigenvalue weighted by Crippen LogP contribution is -2.18. The third kappa shape index (κ3) is 3.16. The fourth-order valence-electron chi connectivity index (χ4n) is 1.81. The Hall–Kier alpha value is -0.780. The van der Waals surface area contributed by atoms with Gasteiger partial charge < -0.3 is 5.32 Å². The highest BCUT2D eigenvalue weighted by Gasteiger charge is 2.14. The molecule has 1 heterocycles. The third-order valence-electron chi connectivity index (χ3n) is 2.77. The Morgan fingerprint density at radius 2 is 2.11 bits per heavy atom. The maximum atomic E-state index is 13.6. The number of rotatable bonds is 4. The quantitative estimate of drug-likeness (QED) is 0.881. The number of hydrogen-bond acceptors (Lipinski definition) is 2. The molecular formula is C13H12BrF2NS. The van der Waals surface area contributed by atoms with Gasteiger partial charge in [-0.2, -0.15) is 0 Å². The average molecular weight is 332 g/mol. The van der Waals surface area contributed by atoms with Crippen molar-refractivity contribution in [3.05, 3.63) is 56.2 Å². The van der Waals surface area contributed by atoms with Gasteiger partial charge in [0.1, 0.15) is 11.6 Å². The molecule has 18 heavy (non-hydrogen) atoms. The van der Waals surface area contributed by atoms with Gasteiger partial charge in [0.2, 0.25) is 0 Å². The van der Waals surface area contributed by atoms with Crippen LogP contribution in [0.1, 0.15) is 17.2 Å². The lowest BCUT2D eigenvalue weighted by molar-refractivity contribution is 0.544. The van der Waals surface area contributed by atoms with E-state index in [0.717, 1.165) is 15.4 Å². The normalized spacial score (nSPS) is 12.7. The van der Waals surface area contributed by atoms with E-state index in [9.17, 15) is 8.78 Å². The Balaban J connectivity index is 2.22. The molecule has 0 spiro atoms. The fourth-order valence-corrected chi connectivity index (χ4v) is 3.04. The molecule has 1 aromatic carbocycles. The molecule has 1 atom stereocenters. The Morgan fingerprint density at radius 1 is 1.33 bits per heavy atom. The van der Waals surface area contributed by atoms with E-state index in [1.54, 1.807) is 11.3 Å². The van der Waals surface area contributed by atoms with E-state index in [0.29, 0.717) is 12.0 Å². The van der Waals surface area contributed by atoms with Crippen LogP contribution in [0.3, 0.4) is 0 Å². The number of nitrogens with one attached hydrogen (secondary N) is 1. The van der Waals surface area contributed by atoms with E-state index in [4.69, 9.17) is 0 Å². The Kier molecular flexibility index (Phi) is 4.48. The van der Waals surface area contributed by atoms with Crippen LogP contribution in [0.5, 0.6) is 0 Å². The largest absolute Gasteiger partial charge is 0.313 e. The summed E-state index contributed by atoms with van der Waals surface area (Å²) in [5.74, 6) is -0.779. The lowest BCUT2D eigenvalue weighted by Gasteiger charge is -2.15. The monoisotopic (exact) mass is 331 g/mol. The van der Waals surface area contributed by atoms with Crippen LogP contribution in [-0.2, 0) is 6.42 Å². The van der Waals surface area contributed by atoms with Gasteiger partial charge in [-0.1, -0.05) is 0 Å². The molecule has 2 rings (SSSR count). The first-order valence-electron chi connectivity index (χ1n) is 5.45. The van der Waals surface area contributed by atoms with Crippen molar-refractivity contribution in [2.45, 2.75) is 12.5 Å². The molecule has 2 aromatic rings. The van der Waals surface area contributed by atoms with Crippen molar-refractivity contribution in [3.63, 3.8) is 0 Å². The fraction of sp³-hybridized carbons (Fsp3) is 0.231. The molecule has 0 radical (unpaired) electrons. The summed E-state index contributed by atoms with van der Waals surface area (Å²) in [5, 5.41) is 5.13. The molecular weight excluding hydrogens is 320 g/mol. The predicted octanol–water partition coefficient (Wildman–Crippen LogP) is 4.29. The number of halogens is 3. The van der Waals surface area contributed by atoms with Crippen LogP contribution in [0.15, 0.2) is 33.4 Å². The predicted molar refractivity (Wildman–Crippen MR) is 73.9 cm³/mol. The minimum Gasteiger partial charge on any atom is -0.313 e. The van der Waals surface area contributed by atoms with Gasteiger partial charge in [0.15, 0.2) is 0 Å². The van der Waals surface area contributed by atoms with E-state index in [1.165, 1.54) is 12.1 Å². The summed E-state index contributed by atoms with van der Waals surface area (Å²) < 4.78 is 27.7. The zero-order valence-corrected chi connectivity index (χ0v) is 12.1. The van der Waals surface area contributed by atoms with Crippen LogP contribution in [0.4, 0.5) is 8.78 Å². The van der Waals surface area contributed by atoms with Crippen LogP contribution in [0.25, 0.3) is 0 Å². The summed E-state index contributed by atoms with van der Waals surface area (Å²) >= 11 is 4.97. The zero-order chi connectivity index (χ0) is 13.1. The summed E-state index contributed by atoms with van der Waals surface area (Å²) in [7, 11) is 1.81. The molecule has 96 valence electrons. The molecule has 0 fully saturated rings. The van der Waals surface area contributed by atoms with Crippen LogP contribution in [-0.4, -0.2) is 7.05 Å². The maximum absolute atomic E-state index is 13.6. The van der Waals surface area contributed by atoms with Crippen molar-refractivity contribution < 1.29 is 8.78 Å². The molecule has 5 heteroatoms. The highest BCUT2D eigenvalue weighted by molar-refractivity contribution is 9.11. The van der Waals surface area contributed by atoms with Gasteiger partial charge in [-0.05, 0) is 70.2 Å². The van der Waals surface area contributed by atoms with E-state index in [-0.39, 0.29) is 11.9 Å².